The Hall–Kier alpha value is -5.21. The van der Waals surface area contributed by atoms with Gasteiger partial charge in [-0.2, -0.15) is 13.2 Å². The van der Waals surface area contributed by atoms with Gasteiger partial charge in [-0.1, -0.05) is 103 Å². The highest BCUT2D eigenvalue weighted by Gasteiger charge is 2.33. The Labute approximate surface area is 297 Å². The smallest absolute Gasteiger partial charge is 0.416 e. The van der Waals surface area contributed by atoms with E-state index < -0.39 is 17.8 Å². The number of rotatable bonds is 12. The number of carbonyl (C=O) groups is 2. The molecule has 1 N–H and O–H groups in total. The summed E-state index contributed by atoms with van der Waals surface area (Å²) in [5.74, 6) is -0.252. The Bertz CT molecular complexity index is 1870. The normalized spacial score (nSPS) is 14.5. The van der Waals surface area contributed by atoms with Gasteiger partial charge in [0.25, 0.3) is 5.91 Å². The number of nitrogens with zero attached hydrogens (tertiary/aromatic N) is 1. The second kappa shape index (κ2) is 16.7. The van der Waals surface area contributed by atoms with Crippen LogP contribution in [0.3, 0.4) is 0 Å². The lowest BCUT2D eigenvalue weighted by Gasteiger charge is -2.36. The molecule has 5 aromatic rings. The van der Waals surface area contributed by atoms with E-state index in [-0.39, 0.29) is 11.9 Å². The SMILES string of the molecule is O=C(Nc1ccc(C2CCN(C(C(=O)OCCCCc3ccccc3)c3ccccc3)CC2)cc1)c1ccccc1-c1ccc(C(F)(F)F)cc1. The highest BCUT2D eigenvalue weighted by molar-refractivity contribution is 6.08. The van der Waals surface area contributed by atoms with Crippen molar-refractivity contribution in [2.24, 2.45) is 0 Å². The zero-order valence-corrected chi connectivity index (χ0v) is 28.3. The minimum Gasteiger partial charge on any atom is -0.464 e. The molecule has 6 rings (SSSR count). The number of nitrogens with one attached hydrogen (secondary N) is 1. The first-order valence-electron chi connectivity index (χ1n) is 17.4. The molecule has 0 radical (unpaired) electrons. The van der Waals surface area contributed by atoms with Crippen LogP contribution in [0.25, 0.3) is 11.1 Å². The van der Waals surface area contributed by atoms with Gasteiger partial charge >= 0.3 is 12.1 Å². The highest BCUT2D eigenvalue weighted by Crippen LogP contribution is 2.35. The monoisotopic (exact) mass is 690 g/mol. The molecule has 51 heavy (non-hydrogen) atoms. The van der Waals surface area contributed by atoms with Gasteiger partial charge in [0, 0.05) is 11.3 Å². The lowest BCUT2D eigenvalue weighted by molar-refractivity contribution is -0.151. The summed E-state index contributed by atoms with van der Waals surface area (Å²) >= 11 is 0. The first-order valence-corrected chi connectivity index (χ1v) is 17.4. The summed E-state index contributed by atoms with van der Waals surface area (Å²) < 4.78 is 45.1. The van der Waals surface area contributed by atoms with E-state index in [4.69, 9.17) is 4.74 Å². The summed E-state index contributed by atoms with van der Waals surface area (Å²) in [7, 11) is 0. The summed E-state index contributed by atoms with van der Waals surface area (Å²) in [5, 5.41) is 2.94. The number of hydrogen-bond acceptors (Lipinski definition) is 4. The van der Waals surface area contributed by atoms with Crippen LogP contribution in [0.5, 0.6) is 0 Å². The van der Waals surface area contributed by atoms with Gasteiger partial charge in [0.15, 0.2) is 0 Å². The predicted octanol–water partition coefficient (Wildman–Crippen LogP) is 10.1. The number of carbonyl (C=O) groups excluding carboxylic acids is 2. The quantitative estimate of drug-likeness (QED) is 0.105. The van der Waals surface area contributed by atoms with Crippen molar-refractivity contribution in [2.75, 3.05) is 25.0 Å². The van der Waals surface area contributed by atoms with Gasteiger partial charge in [-0.15, -0.1) is 0 Å². The maximum atomic E-state index is 13.5. The van der Waals surface area contributed by atoms with Gasteiger partial charge in [0.05, 0.1) is 12.2 Å². The highest BCUT2D eigenvalue weighted by atomic mass is 19.4. The molecule has 1 aliphatic heterocycles. The van der Waals surface area contributed by atoms with Crippen LogP contribution in [0.1, 0.15) is 70.3 Å². The molecule has 0 spiro atoms. The lowest BCUT2D eigenvalue weighted by atomic mass is 9.88. The molecule has 0 bridgehead atoms. The number of amides is 1. The second-order valence-corrected chi connectivity index (χ2v) is 12.9. The molecule has 0 aliphatic carbocycles. The van der Waals surface area contributed by atoms with Crippen LogP contribution in [-0.2, 0) is 22.1 Å². The van der Waals surface area contributed by atoms with E-state index in [9.17, 15) is 22.8 Å². The summed E-state index contributed by atoms with van der Waals surface area (Å²) in [6, 6.07) is 39.2. The molecule has 1 heterocycles. The Morgan fingerprint density at radius 2 is 1.37 bits per heavy atom. The third-order valence-corrected chi connectivity index (χ3v) is 9.52. The number of esters is 1. The molecule has 1 amide bonds. The van der Waals surface area contributed by atoms with E-state index in [1.54, 1.807) is 24.3 Å². The van der Waals surface area contributed by atoms with E-state index in [1.165, 1.54) is 17.7 Å². The molecular weight excluding hydrogens is 649 g/mol. The number of hydrogen-bond donors (Lipinski definition) is 1. The van der Waals surface area contributed by atoms with Crippen LogP contribution in [-0.4, -0.2) is 36.5 Å². The number of halogens is 3. The molecule has 262 valence electrons. The lowest BCUT2D eigenvalue weighted by Crippen LogP contribution is -2.40. The van der Waals surface area contributed by atoms with Crippen molar-refractivity contribution in [1.82, 2.24) is 4.90 Å². The van der Waals surface area contributed by atoms with Gasteiger partial charge in [-0.3, -0.25) is 9.69 Å². The average Bonchev–Trinajstić information content (AvgIpc) is 3.16. The number of benzene rings is 5. The Morgan fingerprint density at radius 1 is 0.745 bits per heavy atom. The van der Waals surface area contributed by atoms with Crippen LogP contribution in [0, 0.1) is 0 Å². The number of ether oxygens (including phenoxy) is 1. The number of likely N-dealkylation sites (tertiary alicyclic amines) is 1. The zero-order valence-electron chi connectivity index (χ0n) is 28.3. The fourth-order valence-corrected chi connectivity index (χ4v) is 6.76. The Balaban J connectivity index is 1.04. The van der Waals surface area contributed by atoms with Gasteiger partial charge < -0.3 is 10.1 Å². The minimum atomic E-state index is -4.43. The number of piperidine rings is 1. The Kier molecular flexibility index (Phi) is 11.6. The number of aryl methyl sites for hydroxylation is 1. The van der Waals surface area contributed by atoms with Crippen molar-refractivity contribution >= 4 is 17.6 Å². The molecule has 8 heteroatoms. The third-order valence-electron chi connectivity index (χ3n) is 9.52. The summed E-state index contributed by atoms with van der Waals surface area (Å²) in [6.07, 6.45) is 0.0462. The molecule has 5 nitrogen and oxygen atoms in total. The van der Waals surface area contributed by atoms with E-state index in [0.29, 0.717) is 34.9 Å². The van der Waals surface area contributed by atoms with E-state index >= 15 is 0 Å². The van der Waals surface area contributed by atoms with Gasteiger partial charge in [0.1, 0.15) is 6.04 Å². The molecule has 1 fully saturated rings. The van der Waals surface area contributed by atoms with Crippen LogP contribution in [0.2, 0.25) is 0 Å². The molecular formula is C43H41F3N2O3. The minimum absolute atomic E-state index is 0.209. The molecule has 1 unspecified atom stereocenters. The maximum Gasteiger partial charge on any atom is 0.416 e. The van der Waals surface area contributed by atoms with Gasteiger partial charge in [-0.25, -0.2) is 4.79 Å². The van der Waals surface area contributed by atoms with Crippen LogP contribution < -0.4 is 5.32 Å². The molecule has 1 atom stereocenters. The zero-order chi connectivity index (χ0) is 35.6. The molecule has 5 aromatic carbocycles. The molecule has 1 saturated heterocycles. The fraction of sp³-hybridized carbons (Fsp3) is 0.256. The van der Waals surface area contributed by atoms with E-state index in [1.807, 2.05) is 72.8 Å². The summed E-state index contributed by atoms with van der Waals surface area (Å²) in [5.41, 5.74) is 4.71. The van der Waals surface area contributed by atoms with Gasteiger partial charge in [0.2, 0.25) is 0 Å². The van der Waals surface area contributed by atoms with Gasteiger partial charge in [-0.05, 0) is 109 Å². The first kappa shape index (κ1) is 35.6. The van der Waals surface area contributed by atoms with Crippen molar-refractivity contribution in [2.45, 2.75) is 50.2 Å². The fourth-order valence-electron chi connectivity index (χ4n) is 6.76. The van der Waals surface area contributed by atoms with Crippen LogP contribution in [0.15, 0.2) is 133 Å². The summed E-state index contributed by atoms with van der Waals surface area (Å²) in [6.45, 7) is 1.88. The molecule has 0 saturated carbocycles. The summed E-state index contributed by atoms with van der Waals surface area (Å²) in [4.78, 5) is 29.0. The molecule has 1 aliphatic rings. The third kappa shape index (κ3) is 9.32. The number of anilines is 1. The van der Waals surface area contributed by atoms with Crippen molar-refractivity contribution in [3.63, 3.8) is 0 Å². The van der Waals surface area contributed by atoms with Crippen molar-refractivity contribution in [3.8, 4) is 11.1 Å². The largest absolute Gasteiger partial charge is 0.464 e. The topological polar surface area (TPSA) is 58.6 Å². The van der Waals surface area contributed by atoms with Crippen LogP contribution in [0.4, 0.5) is 18.9 Å². The van der Waals surface area contributed by atoms with Crippen LogP contribution >= 0.6 is 0 Å². The second-order valence-electron chi connectivity index (χ2n) is 12.9. The molecule has 0 aromatic heterocycles. The average molecular weight is 691 g/mol. The van der Waals surface area contributed by atoms with Crippen molar-refractivity contribution < 1.29 is 27.5 Å². The van der Waals surface area contributed by atoms with E-state index in [2.05, 4.69) is 22.3 Å². The number of unbranched alkanes of at least 4 members (excludes halogenated alkanes) is 1. The standard InChI is InChI=1S/C43H41F3N2O3/c44-43(45,46)36-22-18-34(19-23-36)38-16-7-8-17-39(38)41(49)47-37-24-20-32(21-25-37)33-26-28-48(29-27-33)40(35-14-5-2-6-15-35)42(50)51-30-10-9-13-31-11-3-1-4-12-31/h1-8,11-12,14-25,33,40H,9-10,13,26-30H2,(H,47,49). The Morgan fingerprint density at radius 3 is 2.04 bits per heavy atom. The maximum absolute atomic E-state index is 13.5. The van der Waals surface area contributed by atoms with Crippen molar-refractivity contribution in [1.29, 1.82) is 0 Å². The van der Waals surface area contributed by atoms with E-state index in [0.717, 1.165) is 68.5 Å². The predicted molar refractivity (Wildman–Crippen MR) is 194 cm³/mol. The first-order chi connectivity index (χ1) is 24.8. The van der Waals surface area contributed by atoms with Crippen molar-refractivity contribution in [3.05, 3.63) is 161 Å². The number of alkyl halides is 3.